The second-order valence-corrected chi connectivity index (χ2v) is 7.73. The van der Waals surface area contributed by atoms with Crippen molar-refractivity contribution in [2.45, 2.75) is 56.5 Å². The van der Waals surface area contributed by atoms with Gasteiger partial charge in [-0.3, -0.25) is 4.79 Å². The molecule has 1 amide bonds. The number of amides is 1. The van der Waals surface area contributed by atoms with Crippen molar-refractivity contribution in [1.82, 2.24) is 5.32 Å². The number of aliphatic hydroxyl groups excluding tert-OH is 1. The molecule has 3 N–H and O–H groups in total. The van der Waals surface area contributed by atoms with Crippen LogP contribution in [0.1, 0.15) is 41.6 Å². The van der Waals surface area contributed by atoms with E-state index in [4.69, 9.17) is 9.47 Å². The molecule has 9 heteroatoms. The highest BCUT2D eigenvalue weighted by Crippen LogP contribution is 2.32. The Labute approximate surface area is 186 Å². The Kier molecular flexibility index (Phi) is 8.41. The topological polar surface area (TPSA) is 127 Å². The van der Waals surface area contributed by atoms with Crippen LogP contribution in [0.3, 0.4) is 0 Å². The van der Waals surface area contributed by atoms with Crippen molar-refractivity contribution in [2.24, 2.45) is 5.16 Å². The number of aliphatic hydroxyl groups is 1. The molecule has 1 aromatic carbocycles. The number of hydrogen-bond acceptors (Lipinski definition) is 8. The molecule has 0 unspecified atom stereocenters. The molecule has 0 aliphatic carbocycles. The summed E-state index contributed by atoms with van der Waals surface area (Å²) < 4.78 is 11.8. The van der Waals surface area contributed by atoms with E-state index in [1.807, 2.05) is 0 Å². The van der Waals surface area contributed by atoms with Crippen LogP contribution in [-0.4, -0.2) is 59.8 Å². The molecule has 0 aromatic heterocycles. The summed E-state index contributed by atoms with van der Waals surface area (Å²) >= 11 is 0. The lowest BCUT2D eigenvalue weighted by atomic mass is 9.91. The van der Waals surface area contributed by atoms with Crippen molar-refractivity contribution >= 4 is 18.1 Å². The monoisotopic (exact) mass is 444 g/mol. The van der Waals surface area contributed by atoms with Gasteiger partial charge in [-0.1, -0.05) is 23.4 Å². The third-order valence-electron chi connectivity index (χ3n) is 5.28. The molecule has 9 nitrogen and oxygen atoms in total. The van der Waals surface area contributed by atoms with E-state index in [0.29, 0.717) is 37.7 Å². The highest BCUT2D eigenvalue weighted by atomic mass is 16.6. The first-order valence-electron chi connectivity index (χ1n) is 10.5. The number of ether oxygens (including phenoxy) is 2. The predicted octanol–water partition coefficient (Wildman–Crippen LogP) is 1.98. The summed E-state index contributed by atoms with van der Waals surface area (Å²) in [7, 11) is 1.40. The largest absolute Gasteiger partial charge is 0.507 e. The predicted molar refractivity (Wildman–Crippen MR) is 116 cm³/mol. The van der Waals surface area contributed by atoms with Gasteiger partial charge < -0.3 is 29.8 Å². The maximum absolute atomic E-state index is 12.9. The number of cyclic esters (lactones) is 1. The number of rotatable bonds is 6. The smallest absolute Gasteiger partial charge is 0.342 e. The van der Waals surface area contributed by atoms with Crippen LogP contribution in [0.5, 0.6) is 5.75 Å². The van der Waals surface area contributed by atoms with E-state index in [1.54, 1.807) is 18.2 Å². The number of aromatic hydroxyl groups is 1. The van der Waals surface area contributed by atoms with Crippen molar-refractivity contribution in [3.8, 4) is 5.75 Å². The third-order valence-corrected chi connectivity index (χ3v) is 5.28. The molecule has 172 valence electrons. The van der Waals surface area contributed by atoms with E-state index in [1.165, 1.54) is 37.7 Å². The van der Waals surface area contributed by atoms with Crippen molar-refractivity contribution in [3.63, 3.8) is 0 Å². The SMILES string of the molecule is CO/N=C/C=C/C(=O)N/C=C/C[C@H]1C[C@H]2C[C@H](O)C[C@H](Cc3cccc(O)c3C(=O)O1)O2. The molecule has 1 fully saturated rings. The number of esters is 1. The minimum absolute atomic E-state index is 0.125. The van der Waals surface area contributed by atoms with Crippen LogP contribution in [0.2, 0.25) is 0 Å². The zero-order valence-corrected chi connectivity index (χ0v) is 17.8. The number of hydrogen-bond donors (Lipinski definition) is 3. The van der Waals surface area contributed by atoms with Gasteiger partial charge in [0.05, 0.1) is 24.5 Å². The number of fused-ring (bicyclic) bond motifs is 3. The number of carbonyl (C=O) groups is 2. The van der Waals surface area contributed by atoms with E-state index < -0.39 is 18.2 Å². The fourth-order valence-electron chi connectivity index (χ4n) is 3.94. The molecule has 0 saturated carbocycles. The number of nitrogens with one attached hydrogen (secondary N) is 1. The lowest BCUT2D eigenvalue weighted by Crippen LogP contribution is -2.40. The first-order chi connectivity index (χ1) is 15.5. The number of nitrogens with zero attached hydrogens (tertiary/aromatic N) is 1. The lowest BCUT2D eigenvalue weighted by molar-refractivity contribution is -0.115. The summed E-state index contributed by atoms with van der Waals surface area (Å²) in [5, 5.41) is 26.6. The highest BCUT2D eigenvalue weighted by molar-refractivity contribution is 5.94. The zero-order chi connectivity index (χ0) is 22.9. The van der Waals surface area contributed by atoms with Gasteiger partial charge in [-0.25, -0.2) is 4.79 Å². The maximum atomic E-state index is 12.9. The van der Waals surface area contributed by atoms with Gasteiger partial charge in [0, 0.05) is 25.1 Å². The summed E-state index contributed by atoms with van der Waals surface area (Å²) in [4.78, 5) is 29.1. The molecule has 1 saturated heterocycles. The Morgan fingerprint density at radius 3 is 2.94 bits per heavy atom. The van der Waals surface area contributed by atoms with Crippen LogP contribution in [0.25, 0.3) is 0 Å². The molecular formula is C23H28N2O7. The Hall–Kier alpha value is -3.17. The molecule has 0 spiro atoms. The van der Waals surface area contributed by atoms with Crippen molar-refractivity contribution in [2.75, 3.05) is 7.11 Å². The van der Waals surface area contributed by atoms with Gasteiger partial charge in [-0.2, -0.15) is 0 Å². The standard InChI is InChI=1S/C23H28N2O7/c1-30-25-10-4-8-21(28)24-9-3-6-17-14-19-13-16(26)12-18(31-19)11-15-5-2-7-20(27)22(15)23(29)32-17/h2-5,7-10,16-19,26-27H,6,11-14H2,1H3,(H,24,28)/b8-4+,9-3+,25-10+/t16-,17+,18+,19-/m1/s1. The Bertz CT molecular complexity index is 896. The summed E-state index contributed by atoms with van der Waals surface area (Å²) in [6.45, 7) is 0. The van der Waals surface area contributed by atoms with Crippen LogP contribution in [0.15, 0.2) is 47.8 Å². The van der Waals surface area contributed by atoms with Gasteiger partial charge in [0.2, 0.25) is 5.91 Å². The summed E-state index contributed by atoms with van der Waals surface area (Å²) in [5.74, 6) is -1.10. The minimum Gasteiger partial charge on any atom is -0.507 e. The van der Waals surface area contributed by atoms with Crippen LogP contribution < -0.4 is 5.32 Å². The number of benzene rings is 1. The molecule has 2 heterocycles. The molecule has 3 rings (SSSR count). The van der Waals surface area contributed by atoms with Crippen molar-refractivity contribution < 1.29 is 34.1 Å². The molecule has 2 aliphatic rings. The molecule has 1 aromatic rings. The van der Waals surface area contributed by atoms with E-state index in [0.717, 1.165) is 0 Å². The number of phenolic OH excluding ortho intramolecular Hbond substituents is 1. The maximum Gasteiger partial charge on any atom is 0.342 e. The van der Waals surface area contributed by atoms with Gasteiger partial charge in [0.25, 0.3) is 0 Å². The number of oxime groups is 1. The molecule has 2 aliphatic heterocycles. The second-order valence-electron chi connectivity index (χ2n) is 7.73. The van der Waals surface area contributed by atoms with E-state index in [9.17, 15) is 19.8 Å². The average molecular weight is 444 g/mol. The number of allylic oxidation sites excluding steroid dienone is 1. The van der Waals surface area contributed by atoms with Crippen LogP contribution in [0, 0.1) is 0 Å². The minimum atomic E-state index is -0.596. The third kappa shape index (κ3) is 6.66. The van der Waals surface area contributed by atoms with Crippen LogP contribution in [-0.2, 0) is 25.5 Å². The first kappa shape index (κ1) is 23.5. The summed E-state index contributed by atoms with van der Waals surface area (Å²) in [5.41, 5.74) is 0.750. The average Bonchev–Trinajstić information content (AvgIpc) is 2.73. The van der Waals surface area contributed by atoms with Gasteiger partial charge in [0.15, 0.2) is 0 Å². The van der Waals surface area contributed by atoms with E-state index in [2.05, 4.69) is 15.3 Å². The van der Waals surface area contributed by atoms with Gasteiger partial charge in [-0.15, -0.1) is 0 Å². The van der Waals surface area contributed by atoms with Crippen molar-refractivity contribution in [3.05, 3.63) is 53.8 Å². The normalized spacial score (nSPS) is 26.1. The number of carbonyl (C=O) groups excluding carboxylic acids is 2. The second kappa shape index (κ2) is 11.4. The Balaban J connectivity index is 1.70. The quantitative estimate of drug-likeness (QED) is 0.265. The van der Waals surface area contributed by atoms with E-state index in [-0.39, 0.29) is 29.4 Å². The molecule has 0 radical (unpaired) electrons. The zero-order valence-electron chi connectivity index (χ0n) is 17.8. The fraction of sp³-hybridized carbons (Fsp3) is 0.435. The first-order valence-corrected chi connectivity index (χ1v) is 10.5. The Morgan fingerprint density at radius 1 is 1.31 bits per heavy atom. The molecule has 32 heavy (non-hydrogen) atoms. The Morgan fingerprint density at radius 2 is 2.12 bits per heavy atom. The van der Waals surface area contributed by atoms with Gasteiger partial charge >= 0.3 is 5.97 Å². The highest BCUT2D eigenvalue weighted by Gasteiger charge is 2.34. The van der Waals surface area contributed by atoms with Gasteiger partial charge in [0.1, 0.15) is 24.5 Å². The summed E-state index contributed by atoms with van der Waals surface area (Å²) in [6.07, 6.45) is 7.71. The lowest BCUT2D eigenvalue weighted by Gasteiger charge is -2.36. The van der Waals surface area contributed by atoms with Gasteiger partial charge in [-0.05, 0) is 37.0 Å². The van der Waals surface area contributed by atoms with Crippen LogP contribution >= 0.6 is 0 Å². The van der Waals surface area contributed by atoms with Crippen LogP contribution in [0.4, 0.5) is 0 Å². The number of phenols is 1. The molecular weight excluding hydrogens is 416 g/mol. The van der Waals surface area contributed by atoms with Crippen molar-refractivity contribution in [1.29, 1.82) is 0 Å². The van der Waals surface area contributed by atoms with E-state index >= 15 is 0 Å². The fourth-order valence-corrected chi connectivity index (χ4v) is 3.94. The summed E-state index contributed by atoms with van der Waals surface area (Å²) in [6, 6.07) is 4.87. The molecule has 4 atom stereocenters. The molecule has 2 bridgehead atoms.